The summed E-state index contributed by atoms with van der Waals surface area (Å²) in [5.74, 6) is -6.20. The van der Waals surface area contributed by atoms with Crippen LogP contribution in [0.15, 0.2) is 52.8 Å². The molecule has 6 aliphatic rings. The van der Waals surface area contributed by atoms with E-state index in [-0.39, 0.29) is 76.7 Å². The summed E-state index contributed by atoms with van der Waals surface area (Å²) in [6.07, 6.45) is -3.15. The van der Waals surface area contributed by atoms with Crippen LogP contribution in [0.2, 0.25) is 0 Å². The molecule has 5 saturated heterocycles. The molecule has 1 aromatic heterocycles. The molecule has 8 rings (SSSR count). The zero-order valence-corrected chi connectivity index (χ0v) is 54.5. The number of hydrogen-bond acceptors (Lipinski definition) is 18. The van der Waals surface area contributed by atoms with E-state index in [1.807, 2.05) is 67.5 Å². The molecule has 7 amide bonds. The number of aliphatic hydroxyl groups is 2. The summed E-state index contributed by atoms with van der Waals surface area (Å²) in [6, 6.07) is 1.17. The van der Waals surface area contributed by atoms with Crippen molar-refractivity contribution in [2.75, 3.05) is 13.2 Å². The number of rotatable bonds is 26. The Hall–Kier alpha value is -6.45. The molecule has 5 fully saturated rings. The number of carbonyl (C=O) groups excluding carboxylic acids is 7. The molecule has 90 heavy (non-hydrogen) atoms. The summed E-state index contributed by atoms with van der Waals surface area (Å²) in [7, 11) is -5.05. The van der Waals surface area contributed by atoms with Gasteiger partial charge < -0.3 is 85.4 Å². The van der Waals surface area contributed by atoms with Crippen LogP contribution in [0.4, 0.5) is 0 Å². The number of aromatic nitrogens is 2. The zero-order chi connectivity index (χ0) is 66.7. The van der Waals surface area contributed by atoms with Crippen LogP contribution in [0.5, 0.6) is 0 Å². The van der Waals surface area contributed by atoms with Crippen LogP contribution in [-0.4, -0.2) is 133 Å². The maximum Gasteiger partial charge on any atom is 0.472 e. The molecule has 6 aliphatic heterocycles. The molecule has 498 valence electrons. The molecule has 20 N–H and O–H groups in total. The summed E-state index contributed by atoms with van der Waals surface area (Å²) in [5.41, 5.74) is 37.8. The Morgan fingerprint density at radius 3 is 1.91 bits per heavy atom. The molecule has 18 atom stereocenters. The van der Waals surface area contributed by atoms with Gasteiger partial charge in [-0.1, -0.05) is 34.6 Å². The highest BCUT2D eigenvalue weighted by molar-refractivity contribution is 7.47. The Morgan fingerprint density at radius 1 is 0.744 bits per heavy atom. The fourth-order valence-electron chi connectivity index (χ4n) is 16.7. The topological polar surface area (TPSA) is 459 Å². The maximum absolute atomic E-state index is 14.4. The molecule has 28 heteroatoms. The first kappa shape index (κ1) is 69.4. The van der Waals surface area contributed by atoms with Crippen molar-refractivity contribution in [2.45, 2.75) is 207 Å². The highest BCUT2D eigenvalue weighted by Gasteiger charge is 2.68. The van der Waals surface area contributed by atoms with Crippen LogP contribution in [0.25, 0.3) is 11.0 Å². The zero-order valence-electron chi connectivity index (χ0n) is 53.6. The second-order valence-corrected chi connectivity index (χ2v) is 29.2. The van der Waals surface area contributed by atoms with Crippen LogP contribution < -0.4 is 61.0 Å². The van der Waals surface area contributed by atoms with E-state index in [2.05, 4.69) is 51.5 Å². The van der Waals surface area contributed by atoms with Gasteiger partial charge in [-0.2, -0.15) is 0 Å². The molecule has 0 saturated carbocycles. The van der Waals surface area contributed by atoms with Crippen molar-refractivity contribution < 1.29 is 67.0 Å². The largest absolute Gasteiger partial charge is 0.472 e. The van der Waals surface area contributed by atoms with Crippen LogP contribution >= 0.6 is 7.82 Å². The fraction of sp³-hybridized carbons (Fsp3) is 0.677. The van der Waals surface area contributed by atoms with Gasteiger partial charge >= 0.3 is 7.82 Å². The summed E-state index contributed by atoms with van der Waals surface area (Å²) in [5, 5.41) is 40.2. The average molecular weight is 1280 g/mol. The number of fused-ring (bicyclic) bond motifs is 10. The minimum Gasteiger partial charge on any atom is -0.394 e. The molecule has 8 bridgehead atoms. The number of primary amides is 6. The minimum absolute atomic E-state index is 0.0183. The number of nitrogens with one attached hydrogen (secondary N) is 5. The number of allylic oxidation sites excluding steroid dienone is 3. The number of phosphoric acid groups is 1. The average Bonchev–Trinajstić information content (AvgIpc) is 1.53. The second-order valence-electron chi connectivity index (χ2n) is 27.9. The number of carbonyl (C=O) groups is 7. The normalized spacial score (nSPS) is 36.7. The van der Waals surface area contributed by atoms with Gasteiger partial charge in [0.15, 0.2) is 6.23 Å². The number of nitrogens with two attached hydrogens (primary N) is 6. The molecule has 7 heterocycles. The summed E-state index contributed by atoms with van der Waals surface area (Å²) >= 11 is 0. The summed E-state index contributed by atoms with van der Waals surface area (Å²) < 4.78 is 32.3. The van der Waals surface area contributed by atoms with Gasteiger partial charge in [0, 0.05) is 120 Å². The van der Waals surface area contributed by atoms with Gasteiger partial charge in [-0.25, -0.2) is 9.55 Å². The van der Waals surface area contributed by atoms with Crippen molar-refractivity contribution in [3.05, 3.63) is 63.9 Å². The van der Waals surface area contributed by atoms with Crippen LogP contribution in [-0.2, 0) is 51.9 Å². The van der Waals surface area contributed by atoms with Crippen molar-refractivity contribution in [2.24, 2.45) is 79.7 Å². The Balaban J connectivity index is 1.18. The third-order valence-electron chi connectivity index (χ3n) is 21.7. The van der Waals surface area contributed by atoms with E-state index in [0.717, 1.165) is 28.0 Å². The number of hydrogen-bond donors (Lipinski definition) is 14. The molecular weight excluding hydrogens is 1180 g/mol. The number of imidazole rings is 1. The Bertz CT molecular complexity index is 3330. The standard InChI is InChI=1S/C62H96N13O14P/c1-29-20-39-40(21-30(29)2)75(28-70-39)57-52(84)53(41(27-76)87-57)89-90(85,86)88-31(3)26-69-49(83)18-19-59(8)37(22-46(66)80)56-62(11)61(10,25-48(68)82)36(14-17-45(65)79)51(74-62)33(5)55-60(9,24-47(67)81)34(12-15-43(63)77)38(71-55)23-42-58(6,7)35(13-16-44(64)78)50(72-42)32(4)54(59)73-56/h20-21,23,28,31,34-38,41,50-53,56-57,71-74,76,84H,12-19,22,24-27H2,1-11H3,(H2,63,77)(H2,64,78)(H2,65,79)(H2,66,80)(H2,67,81)(H2,68,82)(H,69,83)(H,85,86)/b42-23-,54-32-,55-33-/t31-,34-,35-,36-,37+,38?,41-,50?,51?,52-,53-,56?,57+,59-,60+,61+,62+/m1/s1. The highest BCUT2D eigenvalue weighted by Crippen LogP contribution is 2.62. The molecule has 2 aromatic rings. The van der Waals surface area contributed by atoms with E-state index in [9.17, 15) is 53.2 Å². The lowest BCUT2D eigenvalue weighted by Crippen LogP contribution is -2.64. The molecule has 5 unspecified atom stereocenters. The molecule has 0 spiro atoms. The Labute approximate surface area is 525 Å². The predicted octanol–water partition coefficient (Wildman–Crippen LogP) is 1.71. The smallest absolute Gasteiger partial charge is 0.394 e. The number of benzene rings is 1. The first-order valence-electron chi connectivity index (χ1n) is 31.1. The second kappa shape index (κ2) is 25.9. The first-order valence-corrected chi connectivity index (χ1v) is 32.6. The van der Waals surface area contributed by atoms with Gasteiger partial charge in [0.1, 0.15) is 18.3 Å². The lowest BCUT2D eigenvalue weighted by Gasteiger charge is -2.49. The fourth-order valence-corrected chi connectivity index (χ4v) is 17.8. The predicted molar refractivity (Wildman–Crippen MR) is 332 cm³/mol. The van der Waals surface area contributed by atoms with Crippen molar-refractivity contribution >= 4 is 60.2 Å². The van der Waals surface area contributed by atoms with E-state index in [1.165, 1.54) is 13.3 Å². The van der Waals surface area contributed by atoms with E-state index < -0.39 is 156 Å². The lowest BCUT2D eigenvalue weighted by molar-refractivity contribution is -0.124. The molecule has 1 aromatic carbocycles. The van der Waals surface area contributed by atoms with Crippen molar-refractivity contribution in [1.82, 2.24) is 36.1 Å². The lowest BCUT2D eigenvalue weighted by atomic mass is 9.56. The highest BCUT2D eigenvalue weighted by atomic mass is 31.2. The van der Waals surface area contributed by atoms with E-state index in [0.29, 0.717) is 28.8 Å². The number of nitrogens with zero attached hydrogens (tertiary/aromatic N) is 2. The summed E-state index contributed by atoms with van der Waals surface area (Å²) in [6.45, 7) is 20.1. The van der Waals surface area contributed by atoms with E-state index >= 15 is 0 Å². The maximum atomic E-state index is 14.4. The molecule has 0 radical (unpaired) electrons. The Morgan fingerprint density at radius 2 is 1.32 bits per heavy atom. The number of phosphoric ester groups is 1. The van der Waals surface area contributed by atoms with Crippen LogP contribution in [0.1, 0.15) is 150 Å². The van der Waals surface area contributed by atoms with Gasteiger partial charge in [-0.3, -0.25) is 42.6 Å². The number of ether oxygens (including phenoxy) is 1. The van der Waals surface area contributed by atoms with Gasteiger partial charge in [-0.15, -0.1) is 0 Å². The Kier molecular flexibility index (Phi) is 20.0. The monoisotopic (exact) mass is 1280 g/mol. The van der Waals surface area contributed by atoms with Gasteiger partial charge in [-0.05, 0) is 125 Å². The molecular formula is C62H96N13O14P. The number of aryl methyl sites for hydroxylation is 2. The van der Waals surface area contributed by atoms with Crippen molar-refractivity contribution in [3.8, 4) is 0 Å². The number of amides is 7. The molecule has 0 aliphatic carbocycles. The quantitative estimate of drug-likeness (QED) is 0.0596. The third kappa shape index (κ3) is 13.2. The van der Waals surface area contributed by atoms with E-state index in [4.69, 9.17) is 48.2 Å². The third-order valence-corrected chi connectivity index (χ3v) is 22.8. The van der Waals surface area contributed by atoms with Gasteiger partial charge in [0.2, 0.25) is 41.4 Å². The first-order chi connectivity index (χ1) is 41.8. The number of aliphatic hydroxyl groups excluding tert-OH is 2. The van der Waals surface area contributed by atoms with Crippen LogP contribution in [0.3, 0.4) is 0 Å². The molecule has 27 nitrogen and oxygen atoms in total. The van der Waals surface area contributed by atoms with Crippen molar-refractivity contribution in [3.63, 3.8) is 0 Å². The van der Waals surface area contributed by atoms with Crippen LogP contribution in [0, 0.1) is 59.2 Å². The van der Waals surface area contributed by atoms with Gasteiger partial charge in [0.05, 0.1) is 36.1 Å². The SMILES string of the molecule is C/C1=C2/NC([C@H](CC(N)=O)[C@@]2(C)CCC(=O)NC[C@@H](C)OP(=O)(O)O[C@H]2[C@@H](O)[C@@H](n3cnc4cc(C)c(C)cc43)O[C@@H]2CO)[C@]2(C)NC(/C(C)=C3\NC(/C=C4\NC1[C@@H](CCC(N)=O)C4(C)C)[C@@H](CCC(N)=O)[C@]3(C)CC(N)=O)[C@@H](CCC(N)=O)[C@]2(C)CC(N)=O. The van der Waals surface area contributed by atoms with Crippen molar-refractivity contribution in [1.29, 1.82) is 0 Å². The van der Waals surface area contributed by atoms with Gasteiger partial charge in [0.25, 0.3) is 0 Å². The van der Waals surface area contributed by atoms with E-state index in [1.54, 1.807) is 4.57 Å². The minimum atomic E-state index is -5.05. The summed E-state index contributed by atoms with van der Waals surface area (Å²) in [4.78, 5) is 109.